The number of rotatable bonds is 2. The zero-order chi connectivity index (χ0) is 10.8. The molecule has 0 saturated carbocycles. The van der Waals surface area contributed by atoms with Crippen molar-refractivity contribution in [2.24, 2.45) is 0 Å². The molecule has 0 fully saturated rings. The van der Waals surface area contributed by atoms with Crippen LogP contribution in [0.1, 0.15) is 12.6 Å². The van der Waals surface area contributed by atoms with Crippen molar-refractivity contribution >= 4 is 25.8 Å². The first-order chi connectivity index (χ1) is 6.51. The minimum absolute atomic E-state index is 0.0213. The third-order valence-corrected chi connectivity index (χ3v) is 3.89. The average molecular weight is 275 g/mol. The Balaban J connectivity index is 3.36. The van der Waals surface area contributed by atoms with Crippen molar-refractivity contribution in [2.75, 3.05) is 5.75 Å². The molecule has 74 valence electrons. The molecule has 1 heterocycles. The summed E-state index contributed by atoms with van der Waals surface area (Å²) in [4.78, 5) is 3.74. The van der Waals surface area contributed by atoms with Crippen LogP contribution in [0.3, 0.4) is 0 Å². The number of nitriles is 1. The summed E-state index contributed by atoms with van der Waals surface area (Å²) in [5.74, 6) is -0.0213. The summed E-state index contributed by atoms with van der Waals surface area (Å²) in [6.45, 7) is 1.53. The lowest BCUT2D eigenvalue weighted by atomic mass is 10.4. The van der Waals surface area contributed by atoms with E-state index in [1.54, 1.807) is 0 Å². The highest BCUT2D eigenvalue weighted by atomic mass is 79.9. The number of hydrogen-bond donors (Lipinski definition) is 0. The lowest BCUT2D eigenvalue weighted by molar-refractivity contribution is 0.593. The third kappa shape index (κ3) is 2.11. The van der Waals surface area contributed by atoms with Gasteiger partial charge in [-0.2, -0.15) is 5.26 Å². The molecule has 1 aromatic rings. The lowest BCUT2D eigenvalue weighted by Crippen LogP contribution is -2.07. The van der Waals surface area contributed by atoms with Gasteiger partial charge in [-0.05, 0) is 28.1 Å². The molecule has 0 radical (unpaired) electrons. The molecule has 0 aromatic carbocycles. The van der Waals surface area contributed by atoms with Crippen molar-refractivity contribution < 1.29 is 8.42 Å². The Morgan fingerprint density at radius 3 is 2.71 bits per heavy atom. The van der Waals surface area contributed by atoms with Crippen LogP contribution in [0, 0.1) is 11.3 Å². The summed E-state index contributed by atoms with van der Waals surface area (Å²) < 4.78 is 23.3. The monoisotopic (exact) mass is 274 g/mol. The standard InChI is InChI=1S/C8H7BrN2O2S/c1-2-14(12,13)8-4-3-6(9)7(5-10)11-8/h3-4H,2H2,1H3. The quantitative estimate of drug-likeness (QED) is 0.820. The fraction of sp³-hybridized carbons (Fsp3) is 0.250. The minimum atomic E-state index is -3.33. The summed E-state index contributed by atoms with van der Waals surface area (Å²) >= 11 is 3.10. The van der Waals surface area contributed by atoms with Gasteiger partial charge in [-0.15, -0.1) is 0 Å². The van der Waals surface area contributed by atoms with Crippen molar-refractivity contribution in [3.05, 3.63) is 22.3 Å². The molecule has 0 saturated heterocycles. The molecule has 0 aliphatic heterocycles. The van der Waals surface area contributed by atoms with Crippen LogP contribution in [0.2, 0.25) is 0 Å². The summed E-state index contributed by atoms with van der Waals surface area (Å²) in [7, 11) is -3.33. The smallest absolute Gasteiger partial charge is 0.195 e. The predicted octanol–water partition coefficient (Wildman–Crippen LogP) is 1.51. The second-order valence-corrected chi connectivity index (χ2v) is 5.57. The van der Waals surface area contributed by atoms with Crippen LogP contribution in [0.5, 0.6) is 0 Å². The first-order valence-electron chi connectivity index (χ1n) is 3.80. The van der Waals surface area contributed by atoms with Gasteiger partial charge in [0.05, 0.1) is 10.2 Å². The number of aromatic nitrogens is 1. The molecule has 1 aromatic heterocycles. The van der Waals surface area contributed by atoms with Gasteiger partial charge in [0.1, 0.15) is 6.07 Å². The third-order valence-electron chi connectivity index (χ3n) is 1.63. The van der Waals surface area contributed by atoms with Crippen molar-refractivity contribution in [3.63, 3.8) is 0 Å². The number of sulfone groups is 1. The molecule has 0 unspecified atom stereocenters. The fourth-order valence-corrected chi connectivity index (χ4v) is 1.93. The Morgan fingerprint density at radius 1 is 1.57 bits per heavy atom. The molecule has 0 atom stereocenters. The first kappa shape index (κ1) is 11.1. The highest BCUT2D eigenvalue weighted by molar-refractivity contribution is 9.10. The van der Waals surface area contributed by atoms with E-state index in [-0.39, 0.29) is 16.5 Å². The summed E-state index contributed by atoms with van der Waals surface area (Å²) in [5.41, 5.74) is 0.0829. The Labute approximate surface area is 90.6 Å². The molecule has 14 heavy (non-hydrogen) atoms. The Hall–Kier alpha value is -0.930. The number of pyridine rings is 1. The molecule has 0 bridgehead atoms. The molecule has 0 aliphatic rings. The molecule has 6 heteroatoms. The van der Waals surface area contributed by atoms with Gasteiger partial charge in [0, 0.05) is 0 Å². The molecule has 0 amide bonds. The maximum absolute atomic E-state index is 11.4. The molecule has 1 rings (SSSR count). The molecule has 0 spiro atoms. The second kappa shape index (κ2) is 4.07. The van der Waals surface area contributed by atoms with Crippen LogP contribution in [0.4, 0.5) is 0 Å². The van der Waals surface area contributed by atoms with Gasteiger partial charge in [0.15, 0.2) is 20.6 Å². The highest BCUT2D eigenvalue weighted by Gasteiger charge is 2.14. The summed E-state index contributed by atoms with van der Waals surface area (Å²) in [6.07, 6.45) is 0. The van der Waals surface area contributed by atoms with Crippen LogP contribution in [-0.4, -0.2) is 19.2 Å². The Morgan fingerprint density at radius 2 is 2.21 bits per heavy atom. The lowest BCUT2D eigenvalue weighted by Gasteiger charge is -2.01. The highest BCUT2D eigenvalue weighted by Crippen LogP contribution is 2.17. The fourth-order valence-electron chi connectivity index (χ4n) is 0.824. The van der Waals surface area contributed by atoms with Gasteiger partial charge in [0.25, 0.3) is 0 Å². The first-order valence-corrected chi connectivity index (χ1v) is 6.25. The number of hydrogen-bond acceptors (Lipinski definition) is 4. The van der Waals surface area contributed by atoms with Gasteiger partial charge in [-0.3, -0.25) is 0 Å². The van der Waals surface area contributed by atoms with E-state index in [4.69, 9.17) is 5.26 Å². The van der Waals surface area contributed by atoms with Crippen LogP contribution >= 0.6 is 15.9 Å². The van der Waals surface area contributed by atoms with Crippen LogP contribution in [-0.2, 0) is 9.84 Å². The van der Waals surface area contributed by atoms with Gasteiger partial charge in [-0.1, -0.05) is 6.92 Å². The predicted molar refractivity (Wildman–Crippen MR) is 54.4 cm³/mol. The van der Waals surface area contributed by atoms with Gasteiger partial charge < -0.3 is 0 Å². The summed E-state index contributed by atoms with van der Waals surface area (Å²) in [5, 5.41) is 8.59. The topological polar surface area (TPSA) is 70.8 Å². The van der Waals surface area contributed by atoms with Gasteiger partial charge >= 0.3 is 0 Å². The average Bonchev–Trinajstić information content (AvgIpc) is 2.18. The van der Waals surface area contributed by atoms with Crippen LogP contribution < -0.4 is 0 Å². The maximum Gasteiger partial charge on any atom is 0.195 e. The maximum atomic E-state index is 11.4. The van der Waals surface area contributed by atoms with E-state index in [1.807, 2.05) is 6.07 Å². The minimum Gasteiger partial charge on any atom is -0.224 e. The van der Waals surface area contributed by atoms with Crippen molar-refractivity contribution in [2.45, 2.75) is 11.9 Å². The molecular weight excluding hydrogens is 268 g/mol. The normalized spacial score (nSPS) is 10.9. The van der Waals surface area contributed by atoms with Gasteiger partial charge in [0.2, 0.25) is 0 Å². The van der Waals surface area contributed by atoms with Crippen molar-refractivity contribution in [1.29, 1.82) is 5.26 Å². The Bertz CT molecular complexity index is 491. The van der Waals surface area contributed by atoms with Crippen molar-refractivity contribution in [3.8, 4) is 6.07 Å². The van der Waals surface area contributed by atoms with Crippen LogP contribution in [0.25, 0.3) is 0 Å². The van der Waals surface area contributed by atoms with E-state index in [0.717, 1.165) is 0 Å². The number of halogens is 1. The van der Waals surface area contributed by atoms with E-state index in [2.05, 4.69) is 20.9 Å². The van der Waals surface area contributed by atoms with E-state index >= 15 is 0 Å². The summed E-state index contributed by atoms with van der Waals surface area (Å²) in [6, 6.07) is 4.70. The molecule has 0 N–H and O–H groups in total. The van der Waals surface area contributed by atoms with E-state index in [1.165, 1.54) is 19.1 Å². The van der Waals surface area contributed by atoms with Crippen LogP contribution in [0.15, 0.2) is 21.6 Å². The van der Waals surface area contributed by atoms with E-state index in [0.29, 0.717) is 4.47 Å². The largest absolute Gasteiger partial charge is 0.224 e. The van der Waals surface area contributed by atoms with E-state index in [9.17, 15) is 8.42 Å². The zero-order valence-electron chi connectivity index (χ0n) is 7.36. The zero-order valence-corrected chi connectivity index (χ0v) is 9.76. The second-order valence-electron chi connectivity index (χ2n) is 2.50. The van der Waals surface area contributed by atoms with E-state index < -0.39 is 9.84 Å². The Kier molecular flexibility index (Phi) is 3.24. The van der Waals surface area contributed by atoms with Gasteiger partial charge in [-0.25, -0.2) is 13.4 Å². The molecular formula is C8H7BrN2O2S. The molecule has 0 aliphatic carbocycles. The number of nitrogens with zero attached hydrogens (tertiary/aromatic N) is 2. The molecule has 4 nitrogen and oxygen atoms in total. The van der Waals surface area contributed by atoms with Crippen molar-refractivity contribution in [1.82, 2.24) is 4.98 Å². The SMILES string of the molecule is CCS(=O)(=O)c1ccc(Br)c(C#N)n1.